The predicted molar refractivity (Wildman–Crippen MR) is 59.7 cm³/mol. The van der Waals surface area contributed by atoms with Gasteiger partial charge in [0.05, 0.1) is 0 Å². The monoisotopic (exact) mass is 213 g/mol. The number of carboxylic acid groups (broad SMARTS) is 1. The van der Waals surface area contributed by atoms with E-state index >= 15 is 0 Å². The van der Waals surface area contributed by atoms with Gasteiger partial charge in [-0.15, -0.1) is 0 Å². The fourth-order valence-corrected chi connectivity index (χ4v) is 1.08. The molecule has 15 heavy (non-hydrogen) atoms. The minimum absolute atomic E-state index is 0.208. The fourth-order valence-electron chi connectivity index (χ4n) is 1.08. The van der Waals surface area contributed by atoms with Crippen LogP contribution in [0.4, 0.5) is 0 Å². The van der Waals surface area contributed by atoms with E-state index in [-0.39, 0.29) is 6.61 Å². The highest BCUT2D eigenvalue weighted by Gasteiger charge is 1.94. The molecule has 0 unspecified atom stereocenters. The number of methoxy groups -OCH3 is 1. The minimum atomic E-state index is -0.933. The average Bonchev–Trinajstić information content (AvgIpc) is 2.20. The van der Waals surface area contributed by atoms with Crippen LogP contribution in [0.25, 0.3) is 0 Å². The highest BCUT2D eigenvalue weighted by Crippen LogP contribution is 1.98. The molecule has 0 aromatic heterocycles. The lowest BCUT2D eigenvalue weighted by molar-refractivity contribution is -0.141. The molecule has 4 heteroatoms. The number of nitrogens with zero attached hydrogens (tertiary/aromatic N) is 1. The molecule has 1 aliphatic rings. The number of ether oxygens (including phenoxy) is 1. The van der Waals surface area contributed by atoms with Gasteiger partial charge in [0, 0.05) is 20.2 Å². The van der Waals surface area contributed by atoms with Gasteiger partial charge in [-0.1, -0.05) is 19.1 Å². The lowest BCUT2D eigenvalue weighted by Crippen LogP contribution is -2.19. The predicted octanol–water partition coefficient (Wildman–Crippen LogP) is 1.50. The summed E-state index contributed by atoms with van der Waals surface area (Å²) in [6.07, 6.45) is 9.72. The first kappa shape index (κ1) is 13.7. The van der Waals surface area contributed by atoms with Crippen LogP contribution in [-0.4, -0.2) is 42.8 Å². The number of hydrogen-bond acceptors (Lipinski definition) is 3. The van der Waals surface area contributed by atoms with Gasteiger partial charge in [-0.05, 0) is 18.7 Å². The summed E-state index contributed by atoms with van der Waals surface area (Å²) < 4.78 is 4.20. The first-order valence-corrected chi connectivity index (χ1v) is 4.98. The SMILES string of the molecule is CCCN1C=CC=CC1.COCC(=O)O. The first-order valence-electron chi connectivity index (χ1n) is 4.98. The number of rotatable bonds is 4. The van der Waals surface area contributed by atoms with Crippen LogP contribution in [0.15, 0.2) is 24.4 Å². The molecule has 1 heterocycles. The molecule has 4 nitrogen and oxygen atoms in total. The second-order valence-corrected chi connectivity index (χ2v) is 3.09. The Kier molecular flexibility index (Phi) is 8.47. The molecule has 0 atom stereocenters. The summed E-state index contributed by atoms with van der Waals surface area (Å²) >= 11 is 0. The van der Waals surface area contributed by atoms with E-state index in [0.29, 0.717) is 0 Å². The zero-order chi connectivity index (χ0) is 11.5. The molecule has 1 N–H and O–H groups in total. The second kappa shape index (κ2) is 9.27. The van der Waals surface area contributed by atoms with Gasteiger partial charge in [0.1, 0.15) is 6.61 Å². The normalized spacial score (nSPS) is 13.3. The Bertz CT molecular complexity index is 224. The van der Waals surface area contributed by atoms with Crippen molar-refractivity contribution in [1.29, 1.82) is 0 Å². The van der Waals surface area contributed by atoms with Crippen LogP contribution in [0.5, 0.6) is 0 Å². The van der Waals surface area contributed by atoms with Crippen LogP contribution in [0, 0.1) is 0 Å². The Balaban J connectivity index is 0.000000288. The molecule has 0 bridgehead atoms. The Hall–Kier alpha value is -1.29. The van der Waals surface area contributed by atoms with Crippen molar-refractivity contribution in [1.82, 2.24) is 4.90 Å². The molecular formula is C11H19NO3. The van der Waals surface area contributed by atoms with Crippen molar-refractivity contribution < 1.29 is 14.6 Å². The van der Waals surface area contributed by atoms with E-state index < -0.39 is 5.97 Å². The maximum atomic E-state index is 9.47. The van der Waals surface area contributed by atoms with Gasteiger partial charge in [0.25, 0.3) is 0 Å². The van der Waals surface area contributed by atoms with Crippen LogP contribution in [0.3, 0.4) is 0 Å². The molecule has 0 saturated heterocycles. The Morgan fingerprint density at radius 1 is 1.53 bits per heavy atom. The molecule has 0 fully saturated rings. The third-order valence-corrected chi connectivity index (χ3v) is 1.66. The quantitative estimate of drug-likeness (QED) is 0.769. The van der Waals surface area contributed by atoms with Gasteiger partial charge < -0.3 is 14.7 Å². The minimum Gasteiger partial charge on any atom is -0.480 e. The lowest BCUT2D eigenvalue weighted by atomic mass is 10.3. The van der Waals surface area contributed by atoms with Crippen molar-refractivity contribution in [3.63, 3.8) is 0 Å². The summed E-state index contributed by atoms with van der Waals surface area (Å²) in [5.74, 6) is -0.933. The zero-order valence-electron chi connectivity index (χ0n) is 9.35. The summed E-state index contributed by atoms with van der Waals surface area (Å²) in [6.45, 7) is 4.26. The summed E-state index contributed by atoms with van der Waals surface area (Å²) in [5.41, 5.74) is 0. The Morgan fingerprint density at radius 2 is 2.27 bits per heavy atom. The van der Waals surface area contributed by atoms with E-state index in [0.717, 1.165) is 6.54 Å². The Morgan fingerprint density at radius 3 is 2.60 bits per heavy atom. The molecular weight excluding hydrogens is 194 g/mol. The molecule has 1 aliphatic heterocycles. The van der Waals surface area contributed by atoms with Crippen molar-refractivity contribution >= 4 is 5.97 Å². The largest absolute Gasteiger partial charge is 0.480 e. The smallest absolute Gasteiger partial charge is 0.329 e. The second-order valence-electron chi connectivity index (χ2n) is 3.09. The summed E-state index contributed by atoms with van der Waals surface area (Å²) in [4.78, 5) is 11.8. The highest BCUT2D eigenvalue weighted by atomic mass is 16.5. The van der Waals surface area contributed by atoms with Crippen LogP contribution < -0.4 is 0 Å². The molecule has 0 aromatic rings. The van der Waals surface area contributed by atoms with Crippen LogP contribution >= 0.6 is 0 Å². The molecule has 86 valence electrons. The van der Waals surface area contributed by atoms with E-state index in [9.17, 15) is 4.79 Å². The highest BCUT2D eigenvalue weighted by molar-refractivity contribution is 5.67. The van der Waals surface area contributed by atoms with Crippen LogP contribution in [-0.2, 0) is 9.53 Å². The number of carbonyl (C=O) groups is 1. The van der Waals surface area contributed by atoms with E-state index in [4.69, 9.17) is 5.11 Å². The van der Waals surface area contributed by atoms with Crippen molar-refractivity contribution in [2.24, 2.45) is 0 Å². The van der Waals surface area contributed by atoms with Crippen molar-refractivity contribution in [3.8, 4) is 0 Å². The van der Waals surface area contributed by atoms with Gasteiger partial charge >= 0.3 is 5.97 Å². The first-order chi connectivity index (χ1) is 7.20. The molecule has 0 radical (unpaired) electrons. The summed E-state index contributed by atoms with van der Waals surface area (Å²) in [5, 5.41) is 7.79. The third-order valence-electron chi connectivity index (χ3n) is 1.66. The molecule has 0 aliphatic carbocycles. The average molecular weight is 213 g/mol. The zero-order valence-corrected chi connectivity index (χ0v) is 9.35. The summed E-state index contributed by atoms with van der Waals surface area (Å²) in [6, 6.07) is 0. The topological polar surface area (TPSA) is 49.8 Å². The standard InChI is InChI=1S/C8H13N.C3H6O3/c1-2-6-9-7-4-3-5-8-9;1-6-2-3(4)5/h3-5,7H,2,6,8H2,1H3;2H2,1H3,(H,4,5). The van der Waals surface area contributed by atoms with Crippen molar-refractivity contribution in [2.45, 2.75) is 13.3 Å². The maximum Gasteiger partial charge on any atom is 0.329 e. The molecule has 1 rings (SSSR count). The van der Waals surface area contributed by atoms with Gasteiger partial charge in [0.15, 0.2) is 0 Å². The molecule has 0 saturated carbocycles. The number of hydrogen-bond donors (Lipinski definition) is 1. The lowest BCUT2D eigenvalue weighted by Gasteiger charge is -2.18. The van der Waals surface area contributed by atoms with Gasteiger partial charge in [0.2, 0.25) is 0 Å². The van der Waals surface area contributed by atoms with Crippen LogP contribution in [0.1, 0.15) is 13.3 Å². The number of aliphatic carboxylic acids is 1. The molecule has 0 aromatic carbocycles. The third kappa shape index (κ3) is 9.02. The Labute approximate surface area is 90.8 Å². The van der Waals surface area contributed by atoms with Crippen molar-refractivity contribution in [3.05, 3.63) is 24.4 Å². The van der Waals surface area contributed by atoms with E-state index in [2.05, 4.69) is 41.0 Å². The van der Waals surface area contributed by atoms with E-state index in [1.807, 2.05) is 0 Å². The van der Waals surface area contributed by atoms with E-state index in [1.54, 1.807) is 0 Å². The van der Waals surface area contributed by atoms with Gasteiger partial charge in [-0.3, -0.25) is 0 Å². The fraction of sp³-hybridized carbons (Fsp3) is 0.545. The summed E-state index contributed by atoms with van der Waals surface area (Å²) in [7, 11) is 1.34. The maximum absolute atomic E-state index is 9.47. The van der Waals surface area contributed by atoms with E-state index in [1.165, 1.54) is 20.1 Å². The van der Waals surface area contributed by atoms with Gasteiger partial charge in [-0.2, -0.15) is 0 Å². The van der Waals surface area contributed by atoms with Crippen molar-refractivity contribution in [2.75, 3.05) is 26.8 Å². The van der Waals surface area contributed by atoms with Crippen LogP contribution in [0.2, 0.25) is 0 Å². The van der Waals surface area contributed by atoms with Gasteiger partial charge in [-0.25, -0.2) is 4.79 Å². The molecule has 0 spiro atoms. The molecule has 0 amide bonds. The number of carboxylic acids is 1. The number of allylic oxidation sites excluding steroid dienone is 2.